The summed E-state index contributed by atoms with van der Waals surface area (Å²) in [5.41, 5.74) is 2.85. The van der Waals surface area contributed by atoms with Crippen LogP contribution in [0.2, 0.25) is 0 Å². The summed E-state index contributed by atoms with van der Waals surface area (Å²) >= 11 is 0. The molecule has 6 nitrogen and oxygen atoms in total. The first kappa shape index (κ1) is 22.3. The van der Waals surface area contributed by atoms with E-state index in [1.165, 1.54) is 20.3 Å². The van der Waals surface area contributed by atoms with Crippen LogP contribution in [0.25, 0.3) is 0 Å². The zero-order chi connectivity index (χ0) is 22.6. The summed E-state index contributed by atoms with van der Waals surface area (Å²) in [6.07, 6.45) is -3.35. The molecule has 0 aromatic heterocycles. The molecule has 9 heteroatoms. The fourth-order valence-corrected chi connectivity index (χ4v) is 3.40. The van der Waals surface area contributed by atoms with Crippen molar-refractivity contribution in [2.24, 2.45) is 10.3 Å². The molecule has 0 spiro atoms. The summed E-state index contributed by atoms with van der Waals surface area (Å²) in [4.78, 5) is 22.4. The van der Waals surface area contributed by atoms with E-state index in [-0.39, 0.29) is 12.3 Å². The lowest BCUT2D eigenvalue weighted by atomic mass is 9.99. The topological polar surface area (TPSA) is 69.5 Å². The average molecular weight is 434 g/mol. The van der Waals surface area contributed by atoms with E-state index in [1.807, 2.05) is 13.0 Å². The van der Waals surface area contributed by atoms with Gasteiger partial charge >= 0.3 is 12.1 Å². The van der Waals surface area contributed by atoms with E-state index >= 15 is 0 Å². The van der Waals surface area contributed by atoms with Gasteiger partial charge in [0.2, 0.25) is 0 Å². The van der Waals surface area contributed by atoms with E-state index in [2.05, 4.69) is 10.3 Å². The molecule has 0 aliphatic heterocycles. The molecular weight excluding hydrogens is 413 g/mol. The highest BCUT2D eigenvalue weighted by atomic mass is 19.4. The SMILES string of the molecule is CO/N=C(/C(=O)OC)c1cccc(C)c1CO/N=C1\CCc2ccc(C(F)(F)F)cc21. The van der Waals surface area contributed by atoms with Gasteiger partial charge in [-0.1, -0.05) is 34.6 Å². The van der Waals surface area contributed by atoms with Crippen molar-refractivity contribution in [3.63, 3.8) is 0 Å². The average Bonchev–Trinajstić information content (AvgIpc) is 3.14. The fourth-order valence-electron chi connectivity index (χ4n) is 3.40. The van der Waals surface area contributed by atoms with Gasteiger partial charge in [0.1, 0.15) is 13.7 Å². The van der Waals surface area contributed by atoms with Crippen LogP contribution in [-0.4, -0.2) is 31.6 Å². The predicted molar refractivity (Wildman–Crippen MR) is 108 cm³/mol. The van der Waals surface area contributed by atoms with Crippen LogP contribution >= 0.6 is 0 Å². The Morgan fingerprint density at radius 3 is 2.58 bits per heavy atom. The zero-order valence-corrected chi connectivity index (χ0v) is 17.2. The molecule has 0 unspecified atom stereocenters. The quantitative estimate of drug-likeness (QED) is 0.384. The third-order valence-corrected chi connectivity index (χ3v) is 4.99. The number of hydrogen-bond acceptors (Lipinski definition) is 6. The van der Waals surface area contributed by atoms with E-state index in [0.29, 0.717) is 35.2 Å². The number of carbonyl (C=O) groups excluding carboxylic acids is 1. The molecule has 31 heavy (non-hydrogen) atoms. The molecule has 0 radical (unpaired) electrons. The summed E-state index contributed by atoms with van der Waals surface area (Å²) in [5, 5.41) is 7.86. The molecule has 0 saturated carbocycles. The predicted octanol–water partition coefficient (Wildman–Crippen LogP) is 4.40. The van der Waals surface area contributed by atoms with Gasteiger partial charge in [0, 0.05) is 16.7 Å². The van der Waals surface area contributed by atoms with Crippen molar-refractivity contribution in [1.29, 1.82) is 0 Å². The lowest BCUT2D eigenvalue weighted by Gasteiger charge is -2.13. The number of benzene rings is 2. The largest absolute Gasteiger partial charge is 0.464 e. The molecule has 164 valence electrons. The lowest BCUT2D eigenvalue weighted by molar-refractivity contribution is -0.137. The van der Waals surface area contributed by atoms with Crippen molar-refractivity contribution in [3.8, 4) is 0 Å². The summed E-state index contributed by atoms with van der Waals surface area (Å²) < 4.78 is 43.9. The highest BCUT2D eigenvalue weighted by Gasteiger charge is 2.32. The third-order valence-electron chi connectivity index (χ3n) is 4.99. The molecule has 0 saturated heterocycles. The normalized spacial score (nSPS) is 15.0. The highest BCUT2D eigenvalue weighted by Crippen LogP contribution is 2.33. The van der Waals surface area contributed by atoms with E-state index in [0.717, 1.165) is 23.3 Å². The maximum Gasteiger partial charge on any atom is 0.416 e. The lowest BCUT2D eigenvalue weighted by Crippen LogP contribution is -2.20. The number of aryl methyl sites for hydroxylation is 2. The Morgan fingerprint density at radius 2 is 1.90 bits per heavy atom. The maximum atomic E-state index is 13.0. The number of alkyl halides is 3. The number of oxime groups is 2. The molecule has 3 rings (SSSR count). The van der Waals surface area contributed by atoms with E-state index in [1.54, 1.807) is 12.1 Å². The van der Waals surface area contributed by atoms with Crippen LogP contribution in [0.15, 0.2) is 46.7 Å². The first-order chi connectivity index (χ1) is 14.8. The smallest absolute Gasteiger partial charge is 0.416 e. The minimum atomic E-state index is -4.43. The molecule has 0 atom stereocenters. The van der Waals surface area contributed by atoms with Gasteiger partial charge in [-0.25, -0.2) is 4.79 Å². The number of esters is 1. The van der Waals surface area contributed by atoms with Crippen LogP contribution in [0.1, 0.15) is 39.8 Å². The second kappa shape index (κ2) is 9.20. The van der Waals surface area contributed by atoms with Crippen molar-refractivity contribution in [2.75, 3.05) is 14.2 Å². The van der Waals surface area contributed by atoms with Gasteiger partial charge in [0.25, 0.3) is 0 Å². The van der Waals surface area contributed by atoms with Gasteiger partial charge in [-0.2, -0.15) is 13.2 Å². The number of rotatable bonds is 6. The summed E-state index contributed by atoms with van der Waals surface area (Å²) in [6.45, 7) is 1.82. The molecule has 0 amide bonds. The number of ether oxygens (including phenoxy) is 1. The Balaban J connectivity index is 1.87. The molecule has 1 aliphatic carbocycles. The summed E-state index contributed by atoms with van der Waals surface area (Å²) in [5.74, 6) is -0.676. The van der Waals surface area contributed by atoms with Crippen LogP contribution in [0.4, 0.5) is 13.2 Å². The fraction of sp³-hybridized carbons (Fsp3) is 0.318. The highest BCUT2D eigenvalue weighted by molar-refractivity contribution is 6.43. The van der Waals surface area contributed by atoms with Crippen LogP contribution in [0, 0.1) is 6.92 Å². The monoisotopic (exact) mass is 434 g/mol. The third kappa shape index (κ3) is 4.87. The number of hydrogen-bond donors (Lipinski definition) is 0. The number of halogens is 3. The van der Waals surface area contributed by atoms with Crippen molar-refractivity contribution < 1.29 is 32.4 Å². The maximum absolute atomic E-state index is 13.0. The Labute approximate surface area is 177 Å². The van der Waals surface area contributed by atoms with Gasteiger partial charge in [-0.3, -0.25) is 0 Å². The van der Waals surface area contributed by atoms with Crippen LogP contribution in [0.3, 0.4) is 0 Å². The Bertz CT molecular complexity index is 1050. The van der Waals surface area contributed by atoms with Crippen molar-refractivity contribution in [1.82, 2.24) is 0 Å². The first-order valence-electron chi connectivity index (χ1n) is 9.44. The van der Waals surface area contributed by atoms with Crippen molar-refractivity contribution in [2.45, 2.75) is 32.5 Å². The van der Waals surface area contributed by atoms with Crippen LogP contribution in [0.5, 0.6) is 0 Å². The van der Waals surface area contributed by atoms with Gasteiger partial charge in [-0.15, -0.1) is 0 Å². The van der Waals surface area contributed by atoms with E-state index < -0.39 is 17.7 Å². The van der Waals surface area contributed by atoms with Gasteiger partial charge in [0.15, 0.2) is 5.71 Å². The number of nitrogens with zero attached hydrogens (tertiary/aromatic N) is 2. The summed E-state index contributed by atoms with van der Waals surface area (Å²) in [6, 6.07) is 8.91. The van der Waals surface area contributed by atoms with Crippen molar-refractivity contribution in [3.05, 3.63) is 69.8 Å². The van der Waals surface area contributed by atoms with Gasteiger partial charge < -0.3 is 14.4 Å². The van der Waals surface area contributed by atoms with Crippen LogP contribution in [-0.2, 0) is 38.4 Å². The van der Waals surface area contributed by atoms with E-state index in [9.17, 15) is 18.0 Å². The molecule has 0 heterocycles. The standard InChI is InChI=1S/C22H21F3N2O4/c1-13-5-4-6-16(20(27-30-3)21(28)29-2)18(13)12-31-26-19-10-8-14-7-9-15(11-17(14)19)22(23,24)25/h4-7,9,11H,8,10,12H2,1-3H3/b26-19+,27-20+. The molecule has 2 aromatic rings. The van der Waals surface area contributed by atoms with Gasteiger partial charge in [-0.05, 0) is 43.0 Å². The molecule has 0 bridgehead atoms. The number of carbonyl (C=O) groups is 1. The van der Waals surface area contributed by atoms with Gasteiger partial charge in [0.05, 0.1) is 18.4 Å². The molecule has 2 aromatic carbocycles. The minimum absolute atomic E-state index is 0.0144. The first-order valence-corrected chi connectivity index (χ1v) is 9.44. The number of fused-ring (bicyclic) bond motifs is 1. The number of methoxy groups -OCH3 is 1. The Morgan fingerprint density at radius 1 is 1.13 bits per heavy atom. The zero-order valence-electron chi connectivity index (χ0n) is 17.2. The Kier molecular flexibility index (Phi) is 6.62. The second-order valence-corrected chi connectivity index (χ2v) is 6.90. The molecular formula is C22H21F3N2O4. The molecule has 1 aliphatic rings. The molecule has 0 N–H and O–H groups in total. The Hall–Kier alpha value is -3.36. The van der Waals surface area contributed by atoms with E-state index in [4.69, 9.17) is 14.4 Å². The molecule has 0 fully saturated rings. The second-order valence-electron chi connectivity index (χ2n) is 6.90. The van der Waals surface area contributed by atoms with Crippen LogP contribution < -0.4 is 0 Å². The minimum Gasteiger partial charge on any atom is -0.464 e. The van der Waals surface area contributed by atoms with Crippen molar-refractivity contribution >= 4 is 17.4 Å². The summed E-state index contributed by atoms with van der Waals surface area (Å²) in [7, 11) is 2.55.